The van der Waals surface area contributed by atoms with Crippen LogP contribution in [-0.4, -0.2) is 30.6 Å². The van der Waals surface area contributed by atoms with Gasteiger partial charge in [0.25, 0.3) is 5.91 Å². The first-order valence-corrected chi connectivity index (χ1v) is 8.40. The third-order valence-electron chi connectivity index (χ3n) is 4.10. The molecular formula is C17H22F3N3O3. The number of nitrogens with one attached hydrogen (secondary N) is 2. The Bertz CT molecular complexity index is 664. The summed E-state index contributed by atoms with van der Waals surface area (Å²) in [6, 6.07) is 5.10. The Morgan fingerprint density at radius 3 is 2.77 bits per heavy atom. The largest absolute Gasteiger partial charge is 0.479 e. The van der Waals surface area contributed by atoms with Crippen molar-refractivity contribution in [1.29, 1.82) is 0 Å². The normalized spacial score (nSPS) is 17.7. The van der Waals surface area contributed by atoms with E-state index in [2.05, 4.69) is 5.32 Å². The Labute approximate surface area is 149 Å². The van der Waals surface area contributed by atoms with Crippen molar-refractivity contribution in [2.75, 3.05) is 11.9 Å². The summed E-state index contributed by atoms with van der Waals surface area (Å²) in [7, 11) is 0. The van der Waals surface area contributed by atoms with Crippen LogP contribution in [-0.2, 0) is 9.59 Å². The van der Waals surface area contributed by atoms with Crippen LogP contribution in [0.3, 0.4) is 0 Å². The second kappa shape index (κ2) is 8.39. The monoisotopic (exact) mass is 373 g/mol. The van der Waals surface area contributed by atoms with Gasteiger partial charge >= 0.3 is 12.1 Å². The number of amides is 2. The first-order chi connectivity index (χ1) is 12.2. The van der Waals surface area contributed by atoms with E-state index < -0.39 is 18.2 Å². The average Bonchev–Trinajstić information content (AvgIpc) is 2.57. The number of hydrogen-bond donors (Lipinski definition) is 3. The van der Waals surface area contributed by atoms with E-state index in [4.69, 9.17) is 10.5 Å². The fourth-order valence-electron chi connectivity index (χ4n) is 2.59. The van der Waals surface area contributed by atoms with Gasteiger partial charge in [-0.2, -0.15) is 13.2 Å². The van der Waals surface area contributed by atoms with Gasteiger partial charge in [-0.05, 0) is 37.5 Å². The Morgan fingerprint density at radius 2 is 2.08 bits per heavy atom. The number of alkyl halides is 3. The quantitative estimate of drug-likeness (QED) is 0.641. The summed E-state index contributed by atoms with van der Waals surface area (Å²) >= 11 is 0. The predicted octanol–water partition coefficient (Wildman–Crippen LogP) is 2.64. The molecule has 1 aromatic carbocycles. The molecule has 144 valence electrons. The predicted molar refractivity (Wildman–Crippen MR) is 89.6 cm³/mol. The van der Waals surface area contributed by atoms with E-state index in [1.54, 1.807) is 19.1 Å². The van der Waals surface area contributed by atoms with Crippen LogP contribution in [0.25, 0.3) is 0 Å². The molecule has 2 rings (SSSR count). The molecule has 2 atom stereocenters. The molecule has 0 spiro atoms. The van der Waals surface area contributed by atoms with Crippen molar-refractivity contribution in [2.24, 2.45) is 5.73 Å². The lowest BCUT2D eigenvalue weighted by Gasteiger charge is -2.24. The zero-order valence-corrected chi connectivity index (χ0v) is 14.4. The van der Waals surface area contributed by atoms with E-state index >= 15 is 0 Å². The molecule has 6 nitrogen and oxygen atoms in total. The van der Waals surface area contributed by atoms with Crippen molar-refractivity contribution in [1.82, 2.24) is 5.32 Å². The lowest BCUT2D eigenvalue weighted by molar-refractivity contribution is -0.173. The number of rotatable bonds is 7. The molecule has 2 amide bonds. The highest BCUT2D eigenvalue weighted by atomic mass is 19.4. The Hall–Kier alpha value is -2.29. The van der Waals surface area contributed by atoms with Crippen LogP contribution in [0.15, 0.2) is 18.2 Å². The molecule has 1 heterocycles. The number of benzene rings is 1. The number of nitrogens with two attached hydrogens (primary N) is 1. The minimum atomic E-state index is -4.84. The van der Waals surface area contributed by atoms with E-state index in [9.17, 15) is 22.8 Å². The summed E-state index contributed by atoms with van der Waals surface area (Å²) in [4.78, 5) is 22.3. The first-order valence-electron chi connectivity index (χ1n) is 8.40. The summed E-state index contributed by atoms with van der Waals surface area (Å²) in [6.45, 7) is 1.64. The van der Waals surface area contributed by atoms with Crippen molar-refractivity contribution < 1.29 is 27.5 Å². The van der Waals surface area contributed by atoms with Gasteiger partial charge in [0.15, 0.2) is 6.10 Å². The Morgan fingerprint density at radius 1 is 1.35 bits per heavy atom. The van der Waals surface area contributed by atoms with Gasteiger partial charge in [0.2, 0.25) is 0 Å². The van der Waals surface area contributed by atoms with Gasteiger partial charge in [-0.25, -0.2) is 0 Å². The zero-order valence-electron chi connectivity index (χ0n) is 14.4. The van der Waals surface area contributed by atoms with Crippen molar-refractivity contribution >= 4 is 17.5 Å². The van der Waals surface area contributed by atoms with Crippen molar-refractivity contribution in [3.05, 3.63) is 23.8 Å². The van der Waals surface area contributed by atoms with Crippen molar-refractivity contribution in [2.45, 2.75) is 50.9 Å². The number of hydrogen-bond acceptors (Lipinski definition) is 4. The maximum atomic E-state index is 12.0. The number of ether oxygens (including phenoxy) is 1. The van der Waals surface area contributed by atoms with E-state index in [-0.39, 0.29) is 18.5 Å². The second-order valence-corrected chi connectivity index (χ2v) is 6.21. The average molecular weight is 373 g/mol. The summed E-state index contributed by atoms with van der Waals surface area (Å²) in [5.74, 6) is -1.54. The van der Waals surface area contributed by atoms with E-state index in [1.165, 1.54) is 0 Å². The molecule has 0 aromatic heterocycles. The lowest BCUT2D eigenvalue weighted by atomic mass is 10.00. The highest BCUT2D eigenvalue weighted by Crippen LogP contribution is 2.32. The van der Waals surface area contributed by atoms with Gasteiger partial charge in [-0.3, -0.25) is 9.59 Å². The van der Waals surface area contributed by atoms with Gasteiger partial charge in [-0.15, -0.1) is 0 Å². The van der Waals surface area contributed by atoms with E-state index in [0.29, 0.717) is 37.1 Å². The molecule has 1 aliphatic heterocycles. The third kappa shape index (κ3) is 5.35. The SMILES string of the molecule is CC1Oc2ccc(C(N)CCCCCNC(=O)C(F)(F)F)cc2NC1=O. The van der Waals surface area contributed by atoms with Gasteiger partial charge in [-0.1, -0.05) is 18.9 Å². The Kier molecular flexibility index (Phi) is 6.47. The lowest BCUT2D eigenvalue weighted by Crippen LogP contribution is -2.37. The molecule has 0 fully saturated rings. The third-order valence-corrected chi connectivity index (χ3v) is 4.10. The summed E-state index contributed by atoms with van der Waals surface area (Å²) in [5.41, 5.74) is 7.56. The topological polar surface area (TPSA) is 93.4 Å². The molecule has 0 saturated carbocycles. The standard InChI is InChI=1S/C17H22F3N3O3/c1-10-15(24)23-13-9-11(6-7-14(13)26-10)12(21)5-3-2-4-8-22-16(25)17(18,19)20/h6-7,9-10,12H,2-5,8,21H2,1H3,(H,22,25)(H,23,24). The van der Waals surface area contributed by atoms with E-state index in [0.717, 1.165) is 5.56 Å². The van der Waals surface area contributed by atoms with Crippen LogP contribution in [0.5, 0.6) is 5.75 Å². The van der Waals surface area contributed by atoms with Crippen LogP contribution in [0.4, 0.5) is 18.9 Å². The van der Waals surface area contributed by atoms with Gasteiger partial charge in [0, 0.05) is 12.6 Å². The molecular weight excluding hydrogens is 351 g/mol. The maximum Gasteiger partial charge on any atom is 0.471 e. The van der Waals surface area contributed by atoms with Crippen molar-refractivity contribution in [3.8, 4) is 5.75 Å². The molecule has 1 aliphatic rings. The van der Waals surface area contributed by atoms with Crippen LogP contribution in [0.2, 0.25) is 0 Å². The number of halogens is 3. The van der Waals surface area contributed by atoms with Crippen LogP contribution >= 0.6 is 0 Å². The van der Waals surface area contributed by atoms with Crippen LogP contribution < -0.4 is 21.1 Å². The summed E-state index contributed by atoms with van der Waals surface area (Å²) < 4.78 is 41.5. The summed E-state index contributed by atoms with van der Waals surface area (Å²) in [6.07, 6.45) is -2.95. The highest BCUT2D eigenvalue weighted by molar-refractivity contribution is 5.97. The highest BCUT2D eigenvalue weighted by Gasteiger charge is 2.38. The molecule has 4 N–H and O–H groups in total. The van der Waals surface area contributed by atoms with E-state index in [1.807, 2.05) is 11.4 Å². The zero-order chi connectivity index (χ0) is 19.3. The minimum Gasteiger partial charge on any atom is -0.479 e. The summed E-state index contributed by atoms with van der Waals surface area (Å²) in [5, 5.41) is 4.60. The Balaban J connectivity index is 1.73. The number of carbonyl (C=O) groups is 2. The van der Waals surface area contributed by atoms with Crippen molar-refractivity contribution in [3.63, 3.8) is 0 Å². The number of unbranched alkanes of at least 4 members (excludes halogenated alkanes) is 2. The van der Waals surface area contributed by atoms with Gasteiger partial charge in [0.1, 0.15) is 5.75 Å². The maximum absolute atomic E-state index is 12.0. The molecule has 2 unspecified atom stereocenters. The second-order valence-electron chi connectivity index (χ2n) is 6.21. The molecule has 0 bridgehead atoms. The van der Waals surface area contributed by atoms with Crippen LogP contribution in [0, 0.1) is 0 Å². The number of anilines is 1. The molecule has 0 radical (unpaired) electrons. The minimum absolute atomic E-state index is 0.0199. The first kappa shape index (κ1) is 20.0. The fourth-order valence-corrected chi connectivity index (χ4v) is 2.59. The fraction of sp³-hybridized carbons (Fsp3) is 0.529. The molecule has 26 heavy (non-hydrogen) atoms. The molecule has 1 aromatic rings. The molecule has 0 saturated heterocycles. The smallest absolute Gasteiger partial charge is 0.471 e. The van der Waals surface area contributed by atoms with Gasteiger partial charge < -0.3 is 21.1 Å². The molecule has 0 aliphatic carbocycles. The number of carbonyl (C=O) groups excluding carboxylic acids is 2. The number of fused-ring (bicyclic) bond motifs is 1. The van der Waals surface area contributed by atoms with Crippen LogP contribution in [0.1, 0.15) is 44.2 Å². The molecule has 9 heteroatoms. The van der Waals surface area contributed by atoms with Gasteiger partial charge in [0.05, 0.1) is 5.69 Å².